The van der Waals surface area contributed by atoms with E-state index in [1.54, 1.807) is 18.1 Å². The van der Waals surface area contributed by atoms with Gasteiger partial charge in [0.1, 0.15) is 5.69 Å². The third-order valence-electron chi connectivity index (χ3n) is 6.50. The van der Waals surface area contributed by atoms with Crippen molar-refractivity contribution < 1.29 is 23.6 Å². The fourth-order valence-electron chi connectivity index (χ4n) is 4.30. The molecule has 0 bridgehead atoms. The summed E-state index contributed by atoms with van der Waals surface area (Å²) in [5.74, 6) is 2.50. The van der Waals surface area contributed by atoms with E-state index in [2.05, 4.69) is 26.6 Å². The summed E-state index contributed by atoms with van der Waals surface area (Å²) in [4.78, 5) is 28.6. The maximum atomic E-state index is 13.6. The Labute approximate surface area is 193 Å². The van der Waals surface area contributed by atoms with Gasteiger partial charge in [-0.3, -0.25) is 9.59 Å². The van der Waals surface area contributed by atoms with Gasteiger partial charge in [0, 0.05) is 51.5 Å². The Morgan fingerprint density at radius 1 is 1.36 bits per heavy atom. The number of ether oxygens (including phenoxy) is 2. The molecule has 0 spiro atoms. The SMILES string of the molecule is C#CCCC1(CCC(=O)N(C(C(=O)NC2CCC2)c2cc(COC)no2)[C@H]2CCOC2)N=N1. The van der Waals surface area contributed by atoms with Crippen LogP contribution in [0.1, 0.15) is 68.9 Å². The van der Waals surface area contributed by atoms with Crippen LogP contribution in [0.4, 0.5) is 0 Å². The molecule has 1 saturated heterocycles. The van der Waals surface area contributed by atoms with E-state index < -0.39 is 11.7 Å². The van der Waals surface area contributed by atoms with Crippen molar-refractivity contribution in [3.05, 3.63) is 17.5 Å². The Hall–Kier alpha value is -2.77. The molecule has 1 aromatic heterocycles. The lowest BCUT2D eigenvalue weighted by Gasteiger charge is -2.36. The van der Waals surface area contributed by atoms with Gasteiger partial charge >= 0.3 is 0 Å². The molecule has 1 saturated carbocycles. The lowest BCUT2D eigenvalue weighted by molar-refractivity contribution is -0.145. The van der Waals surface area contributed by atoms with E-state index in [1.807, 2.05) is 0 Å². The highest BCUT2D eigenvalue weighted by Crippen LogP contribution is 2.38. The minimum Gasteiger partial charge on any atom is -0.379 e. The smallest absolute Gasteiger partial charge is 0.251 e. The van der Waals surface area contributed by atoms with Gasteiger partial charge in [0.25, 0.3) is 5.91 Å². The van der Waals surface area contributed by atoms with Gasteiger partial charge in [-0.05, 0) is 25.7 Å². The highest BCUT2D eigenvalue weighted by molar-refractivity contribution is 5.88. The second-order valence-corrected chi connectivity index (χ2v) is 8.90. The van der Waals surface area contributed by atoms with E-state index in [-0.39, 0.29) is 36.9 Å². The molecule has 178 valence electrons. The first-order valence-corrected chi connectivity index (χ1v) is 11.6. The average Bonchev–Trinajstić information content (AvgIpc) is 3.14. The number of carbonyl (C=O) groups is 2. The third-order valence-corrected chi connectivity index (χ3v) is 6.50. The van der Waals surface area contributed by atoms with Crippen LogP contribution in [-0.4, -0.2) is 59.9 Å². The molecule has 0 radical (unpaired) electrons. The van der Waals surface area contributed by atoms with E-state index in [4.69, 9.17) is 20.4 Å². The van der Waals surface area contributed by atoms with Crippen LogP contribution >= 0.6 is 0 Å². The Bertz CT molecular complexity index is 907. The highest BCUT2D eigenvalue weighted by Gasteiger charge is 2.44. The first-order chi connectivity index (χ1) is 16.0. The number of nitrogens with zero attached hydrogens (tertiary/aromatic N) is 4. The molecule has 3 heterocycles. The van der Waals surface area contributed by atoms with Crippen LogP contribution in [0.3, 0.4) is 0 Å². The monoisotopic (exact) mass is 457 g/mol. The zero-order valence-corrected chi connectivity index (χ0v) is 19.0. The topological polar surface area (TPSA) is 119 Å². The van der Waals surface area contributed by atoms with E-state index in [0.29, 0.717) is 50.4 Å². The Morgan fingerprint density at radius 3 is 2.79 bits per heavy atom. The van der Waals surface area contributed by atoms with Crippen LogP contribution in [0.2, 0.25) is 0 Å². The van der Waals surface area contributed by atoms with Crippen molar-refractivity contribution in [1.29, 1.82) is 0 Å². The summed E-state index contributed by atoms with van der Waals surface area (Å²) < 4.78 is 16.3. The normalized spacial score (nSPS) is 21.8. The fourth-order valence-corrected chi connectivity index (χ4v) is 4.30. The van der Waals surface area contributed by atoms with Crippen LogP contribution in [0, 0.1) is 12.3 Å². The van der Waals surface area contributed by atoms with Gasteiger partial charge in [-0.15, -0.1) is 12.3 Å². The summed E-state index contributed by atoms with van der Waals surface area (Å²) in [6, 6.07) is 0.636. The Morgan fingerprint density at radius 2 is 2.18 bits per heavy atom. The van der Waals surface area contributed by atoms with Gasteiger partial charge in [-0.2, -0.15) is 10.2 Å². The van der Waals surface area contributed by atoms with Gasteiger partial charge in [-0.25, -0.2) is 0 Å². The van der Waals surface area contributed by atoms with Crippen molar-refractivity contribution in [2.75, 3.05) is 20.3 Å². The van der Waals surface area contributed by atoms with E-state index in [9.17, 15) is 9.59 Å². The number of rotatable bonds is 12. The fraction of sp³-hybridized carbons (Fsp3) is 0.696. The molecule has 1 unspecified atom stereocenters. The largest absolute Gasteiger partial charge is 0.379 e. The molecule has 2 amide bonds. The van der Waals surface area contributed by atoms with Crippen molar-refractivity contribution in [2.24, 2.45) is 10.2 Å². The highest BCUT2D eigenvalue weighted by atomic mass is 16.5. The standard InChI is InChI=1S/C23H31N5O5/c1-3-4-10-23(26-27-23)11-8-20(29)28(18-9-12-32-15-18)21(22(30)24-16-6-5-7-16)19-13-17(14-31-2)25-33-19/h1,13,16,18,21H,4-12,14-15H2,2H3,(H,24,30)/t18-,21?/m0/s1. The average molecular weight is 458 g/mol. The van der Waals surface area contributed by atoms with Crippen molar-refractivity contribution in [2.45, 2.75) is 81.8 Å². The van der Waals surface area contributed by atoms with Crippen LogP contribution in [0.25, 0.3) is 0 Å². The van der Waals surface area contributed by atoms with Crippen LogP contribution in [0.15, 0.2) is 20.8 Å². The van der Waals surface area contributed by atoms with E-state index in [0.717, 1.165) is 19.3 Å². The molecule has 0 aromatic carbocycles. The molecule has 10 nitrogen and oxygen atoms in total. The minimum atomic E-state index is -0.933. The van der Waals surface area contributed by atoms with Crippen LogP contribution in [0.5, 0.6) is 0 Å². The number of hydrogen-bond donors (Lipinski definition) is 1. The molecule has 33 heavy (non-hydrogen) atoms. The first-order valence-electron chi connectivity index (χ1n) is 11.6. The number of hydrogen-bond acceptors (Lipinski definition) is 8. The van der Waals surface area contributed by atoms with E-state index >= 15 is 0 Å². The molecule has 10 heteroatoms. The number of methoxy groups -OCH3 is 1. The number of aromatic nitrogens is 1. The molecule has 4 rings (SSSR count). The maximum absolute atomic E-state index is 13.6. The number of nitrogens with one attached hydrogen (secondary N) is 1. The van der Waals surface area contributed by atoms with Gasteiger partial charge in [-0.1, -0.05) is 5.16 Å². The summed E-state index contributed by atoms with van der Waals surface area (Å²) in [6.07, 6.45) is 10.8. The molecular formula is C23H31N5O5. The van der Waals surface area contributed by atoms with Gasteiger partial charge in [0.05, 0.1) is 19.3 Å². The van der Waals surface area contributed by atoms with Gasteiger partial charge < -0.3 is 24.2 Å². The van der Waals surface area contributed by atoms with Crippen molar-refractivity contribution in [1.82, 2.24) is 15.4 Å². The zero-order valence-electron chi connectivity index (χ0n) is 19.0. The predicted octanol–water partition coefficient (Wildman–Crippen LogP) is 2.50. The Kier molecular flexibility index (Phi) is 7.40. The summed E-state index contributed by atoms with van der Waals surface area (Å²) in [6.45, 7) is 1.16. The molecule has 2 atom stereocenters. The molecule has 2 fully saturated rings. The summed E-state index contributed by atoms with van der Waals surface area (Å²) in [7, 11) is 1.56. The summed E-state index contributed by atoms with van der Waals surface area (Å²) >= 11 is 0. The predicted molar refractivity (Wildman–Crippen MR) is 117 cm³/mol. The van der Waals surface area contributed by atoms with Crippen molar-refractivity contribution in [3.8, 4) is 12.3 Å². The minimum absolute atomic E-state index is 0.120. The summed E-state index contributed by atoms with van der Waals surface area (Å²) in [5, 5.41) is 15.4. The maximum Gasteiger partial charge on any atom is 0.251 e. The molecule has 1 aliphatic carbocycles. The van der Waals surface area contributed by atoms with Gasteiger partial charge in [0.2, 0.25) is 5.91 Å². The van der Waals surface area contributed by atoms with Crippen molar-refractivity contribution in [3.63, 3.8) is 0 Å². The number of amides is 2. The number of terminal acetylenes is 1. The lowest BCUT2D eigenvalue weighted by atomic mass is 9.92. The van der Waals surface area contributed by atoms with Crippen LogP contribution < -0.4 is 5.32 Å². The first kappa shape index (κ1) is 23.4. The summed E-state index contributed by atoms with van der Waals surface area (Å²) in [5.41, 5.74) is -0.00521. The second kappa shape index (κ2) is 10.4. The third kappa shape index (κ3) is 5.60. The molecule has 1 aromatic rings. The zero-order chi connectivity index (χ0) is 23.3. The molecular weight excluding hydrogens is 426 g/mol. The van der Waals surface area contributed by atoms with Gasteiger partial charge in [0.15, 0.2) is 17.5 Å². The molecule has 1 N–H and O–H groups in total. The van der Waals surface area contributed by atoms with Crippen molar-refractivity contribution >= 4 is 11.8 Å². The quantitative estimate of drug-likeness (QED) is 0.482. The molecule has 2 aliphatic heterocycles. The molecule has 3 aliphatic rings. The second-order valence-electron chi connectivity index (χ2n) is 8.90. The Balaban J connectivity index is 1.56. The van der Waals surface area contributed by atoms with Crippen LogP contribution in [-0.2, 0) is 25.7 Å². The lowest BCUT2D eigenvalue weighted by Crippen LogP contribution is -2.51. The van der Waals surface area contributed by atoms with E-state index in [1.165, 1.54) is 0 Å². The number of carbonyl (C=O) groups excluding carboxylic acids is 2.